The van der Waals surface area contributed by atoms with E-state index in [0.29, 0.717) is 35.6 Å². The summed E-state index contributed by atoms with van der Waals surface area (Å²) < 4.78 is 5.66. The number of anilines is 1. The number of fused-ring (bicyclic) bond motifs is 1. The second-order valence-electron chi connectivity index (χ2n) is 4.93. The average Bonchev–Trinajstić information content (AvgIpc) is 2.70. The lowest BCUT2D eigenvalue weighted by molar-refractivity contribution is -0.131. The van der Waals surface area contributed by atoms with E-state index in [0.717, 1.165) is 25.8 Å². The fourth-order valence-corrected chi connectivity index (χ4v) is 2.45. The first-order valence-corrected chi connectivity index (χ1v) is 6.66. The SMILES string of the molecule is Nc1cccc2oc(CN3CCCCCC3=O)nc12. The fourth-order valence-electron chi connectivity index (χ4n) is 2.45. The number of hydrogen-bond acceptors (Lipinski definition) is 4. The summed E-state index contributed by atoms with van der Waals surface area (Å²) in [5.41, 5.74) is 7.82. The maximum absolute atomic E-state index is 11.9. The van der Waals surface area contributed by atoms with E-state index >= 15 is 0 Å². The highest BCUT2D eigenvalue weighted by Crippen LogP contribution is 2.22. The summed E-state index contributed by atoms with van der Waals surface area (Å²) >= 11 is 0. The van der Waals surface area contributed by atoms with Crippen molar-refractivity contribution < 1.29 is 9.21 Å². The second kappa shape index (κ2) is 4.91. The van der Waals surface area contributed by atoms with Gasteiger partial charge in [-0.15, -0.1) is 0 Å². The van der Waals surface area contributed by atoms with Crippen LogP contribution in [0, 0.1) is 0 Å². The Bertz CT molecular complexity index is 606. The van der Waals surface area contributed by atoms with Crippen LogP contribution in [0.15, 0.2) is 22.6 Å². The van der Waals surface area contributed by atoms with Crippen molar-refractivity contribution in [3.63, 3.8) is 0 Å². The lowest BCUT2D eigenvalue weighted by Gasteiger charge is -2.18. The molecule has 0 aliphatic carbocycles. The Hall–Kier alpha value is -2.04. The van der Waals surface area contributed by atoms with Gasteiger partial charge in [0, 0.05) is 13.0 Å². The molecule has 0 spiro atoms. The first kappa shape index (κ1) is 12.0. The second-order valence-corrected chi connectivity index (χ2v) is 4.93. The van der Waals surface area contributed by atoms with Gasteiger partial charge in [0.25, 0.3) is 0 Å². The fraction of sp³-hybridized carbons (Fsp3) is 0.429. The van der Waals surface area contributed by atoms with Crippen LogP contribution in [0.5, 0.6) is 0 Å². The van der Waals surface area contributed by atoms with E-state index < -0.39 is 0 Å². The van der Waals surface area contributed by atoms with E-state index in [4.69, 9.17) is 10.2 Å². The van der Waals surface area contributed by atoms with Gasteiger partial charge < -0.3 is 15.1 Å². The molecule has 19 heavy (non-hydrogen) atoms. The van der Waals surface area contributed by atoms with Gasteiger partial charge in [0.05, 0.1) is 12.2 Å². The molecule has 2 N–H and O–H groups in total. The maximum Gasteiger partial charge on any atom is 0.223 e. The molecule has 1 saturated heterocycles. The number of hydrogen-bond donors (Lipinski definition) is 1. The summed E-state index contributed by atoms with van der Waals surface area (Å²) in [6, 6.07) is 5.47. The molecule has 1 aliphatic heterocycles. The van der Waals surface area contributed by atoms with Crippen LogP contribution in [-0.4, -0.2) is 22.3 Å². The minimum Gasteiger partial charge on any atom is -0.439 e. The molecule has 0 atom stereocenters. The van der Waals surface area contributed by atoms with Gasteiger partial charge in [0.15, 0.2) is 5.58 Å². The third kappa shape index (κ3) is 2.41. The number of carbonyl (C=O) groups is 1. The van der Waals surface area contributed by atoms with E-state index in [9.17, 15) is 4.79 Å². The van der Waals surface area contributed by atoms with Gasteiger partial charge in [-0.1, -0.05) is 12.5 Å². The van der Waals surface area contributed by atoms with Crippen LogP contribution in [0.25, 0.3) is 11.1 Å². The Balaban J connectivity index is 1.84. The monoisotopic (exact) mass is 259 g/mol. The molecule has 0 radical (unpaired) electrons. The molecular weight excluding hydrogens is 242 g/mol. The Morgan fingerprint density at radius 1 is 1.32 bits per heavy atom. The van der Waals surface area contributed by atoms with Gasteiger partial charge in [-0.3, -0.25) is 4.79 Å². The van der Waals surface area contributed by atoms with Crippen molar-refractivity contribution >= 4 is 22.7 Å². The first-order valence-electron chi connectivity index (χ1n) is 6.66. The zero-order valence-electron chi connectivity index (χ0n) is 10.8. The number of oxazole rings is 1. The Kier molecular flexibility index (Phi) is 3.11. The largest absolute Gasteiger partial charge is 0.439 e. The van der Waals surface area contributed by atoms with Gasteiger partial charge in [0.1, 0.15) is 5.52 Å². The Labute approximate surface area is 111 Å². The minimum atomic E-state index is 0.188. The standard InChI is InChI=1S/C14H17N3O2/c15-10-5-4-6-11-14(10)16-12(19-11)9-17-8-3-1-2-7-13(17)18/h4-6H,1-3,7-9,15H2. The normalized spacial score (nSPS) is 16.8. The molecule has 1 aromatic carbocycles. The molecule has 1 aromatic heterocycles. The van der Waals surface area contributed by atoms with Crippen molar-refractivity contribution in [3.8, 4) is 0 Å². The first-order chi connectivity index (χ1) is 9.24. The highest BCUT2D eigenvalue weighted by molar-refractivity contribution is 5.85. The van der Waals surface area contributed by atoms with Gasteiger partial charge in [-0.25, -0.2) is 4.98 Å². The van der Waals surface area contributed by atoms with Gasteiger partial charge >= 0.3 is 0 Å². The van der Waals surface area contributed by atoms with Crippen molar-refractivity contribution in [2.75, 3.05) is 12.3 Å². The third-order valence-corrected chi connectivity index (χ3v) is 3.49. The third-order valence-electron chi connectivity index (χ3n) is 3.49. The molecule has 1 aliphatic rings. The predicted molar refractivity (Wildman–Crippen MR) is 72.3 cm³/mol. The molecule has 5 heteroatoms. The van der Waals surface area contributed by atoms with Gasteiger partial charge in [0.2, 0.25) is 11.8 Å². The molecule has 0 unspecified atom stereocenters. The lowest BCUT2D eigenvalue weighted by Crippen LogP contribution is -2.29. The van der Waals surface area contributed by atoms with E-state index in [1.54, 1.807) is 6.07 Å². The summed E-state index contributed by atoms with van der Waals surface area (Å²) in [6.45, 7) is 1.22. The van der Waals surface area contributed by atoms with Crippen LogP contribution in [0.2, 0.25) is 0 Å². The molecular formula is C14H17N3O2. The number of likely N-dealkylation sites (tertiary alicyclic amines) is 1. The molecule has 1 amide bonds. The van der Waals surface area contributed by atoms with Crippen LogP contribution in [-0.2, 0) is 11.3 Å². The summed E-state index contributed by atoms with van der Waals surface area (Å²) in [5, 5.41) is 0. The quantitative estimate of drug-likeness (QED) is 0.840. The average molecular weight is 259 g/mol. The molecule has 1 fully saturated rings. The molecule has 3 rings (SSSR count). The lowest BCUT2D eigenvalue weighted by atomic mass is 10.2. The van der Waals surface area contributed by atoms with Crippen molar-refractivity contribution in [2.24, 2.45) is 0 Å². The van der Waals surface area contributed by atoms with E-state index in [2.05, 4.69) is 4.98 Å². The number of carbonyl (C=O) groups excluding carboxylic acids is 1. The van der Waals surface area contributed by atoms with Gasteiger partial charge in [-0.2, -0.15) is 0 Å². The smallest absolute Gasteiger partial charge is 0.223 e. The topological polar surface area (TPSA) is 72.4 Å². The number of rotatable bonds is 2. The summed E-state index contributed by atoms with van der Waals surface area (Å²) in [4.78, 5) is 18.1. The van der Waals surface area contributed by atoms with Crippen LogP contribution in [0.1, 0.15) is 31.6 Å². The van der Waals surface area contributed by atoms with Crippen LogP contribution < -0.4 is 5.73 Å². The molecule has 0 saturated carbocycles. The van der Waals surface area contributed by atoms with Crippen LogP contribution >= 0.6 is 0 Å². The zero-order chi connectivity index (χ0) is 13.2. The van der Waals surface area contributed by atoms with Crippen molar-refractivity contribution in [2.45, 2.75) is 32.2 Å². The molecule has 5 nitrogen and oxygen atoms in total. The van der Waals surface area contributed by atoms with E-state index in [1.165, 1.54) is 0 Å². The summed E-state index contributed by atoms with van der Waals surface area (Å²) in [5.74, 6) is 0.746. The molecule has 100 valence electrons. The maximum atomic E-state index is 11.9. The van der Waals surface area contributed by atoms with Crippen molar-refractivity contribution in [1.29, 1.82) is 0 Å². The van der Waals surface area contributed by atoms with Crippen LogP contribution in [0.3, 0.4) is 0 Å². The van der Waals surface area contributed by atoms with Crippen molar-refractivity contribution in [1.82, 2.24) is 9.88 Å². The molecule has 0 bridgehead atoms. The number of nitrogen functional groups attached to an aromatic ring is 1. The number of nitrogens with zero attached hydrogens (tertiary/aromatic N) is 2. The summed E-state index contributed by atoms with van der Waals surface area (Å²) in [6.07, 6.45) is 3.77. The highest BCUT2D eigenvalue weighted by Gasteiger charge is 2.19. The predicted octanol–water partition coefficient (Wildman–Crippen LogP) is 2.31. The van der Waals surface area contributed by atoms with E-state index in [-0.39, 0.29) is 5.91 Å². The highest BCUT2D eigenvalue weighted by atomic mass is 16.3. The number of aromatic nitrogens is 1. The van der Waals surface area contributed by atoms with Gasteiger partial charge in [-0.05, 0) is 25.0 Å². The Morgan fingerprint density at radius 2 is 2.21 bits per heavy atom. The number of amides is 1. The summed E-state index contributed by atoms with van der Waals surface area (Å²) in [7, 11) is 0. The van der Waals surface area contributed by atoms with Crippen molar-refractivity contribution in [3.05, 3.63) is 24.1 Å². The molecule has 2 aromatic rings. The zero-order valence-corrected chi connectivity index (χ0v) is 10.8. The Morgan fingerprint density at radius 3 is 3.05 bits per heavy atom. The number of nitrogens with two attached hydrogens (primary N) is 1. The number of benzene rings is 1. The minimum absolute atomic E-state index is 0.188. The molecule has 2 heterocycles. The van der Waals surface area contributed by atoms with E-state index in [1.807, 2.05) is 17.0 Å². The number of para-hydroxylation sites is 1. The van der Waals surface area contributed by atoms with Crippen LogP contribution in [0.4, 0.5) is 5.69 Å².